The molecule has 1 aromatic rings. The van der Waals surface area contributed by atoms with Gasteiger partial charge in [-0.1, -0.05) is 11.9 Å². The van der Waals surface area contributed by atoms with E-state index in [1.165, 1.54) is 6.33 Å². The van der Waals surface area contributed by atoms with E-state index >= 15 is 0 Å². The average molecular weight is 266 g/mol. The second kappa shape index (κ2) is 5.67. The SMILES string of the molecule is CSN1CCC(C)(NC(=O)c2cncnc2)CC1. The fourth-order valence-electron chi connectivity index (χ4n) is 2.05. The summed E-state index contributed by atoms with van der Waals surface area (Å²) >= 11 is 1.76. The van der Waals surface area contributed by atoms with Crippen LogP contribution in [-0.4, -0.2) is 45.1 Å². The molecule has 1 N–H and O–H groups in total. The summed E-state index contributed by atoms with van der Waals surface area (Å²) in [5, 5.41) is 3.10. The van der Waals surface area contributed by atoms with Gasteiger partial charge in [0.1, 0.15) is 6.33 Å². The summed E-state index contributed by atoms with van der Waals surface area (Å²) in [4.78, 5) is 19.8. The van der Waals surface area contributed by atoms with Crippen molar-refractivity contribution >= 4 is 17.9 Å². The highest BCUT2D eigenvalue weighted by atomic mass is 32.2. The smallest absolute Gasteiger partial charge is 0.254 e. The maximum absolute atomic E-state index is 12.1. The van der Waals surface area contributed by atoms with Crippen LogP contribution < -0.4 is 5.32 Å². The van der Waals surface area contributed by atoms with Crippen molar-refractivity contribution in [1.82, 2.24) is 19.6 Å². The number of amides is 1. The van der Waals surface area contributed by atoms with E-state index in [2.05, 4.69) is 32.8 Å². The number of nitrogens with one attached hydrogen (secondary N) is 1. The molecule has 1 amide bonds. The van der Waals surface area contributed by atoms with Gasteiger partial charge in [0.05, 0.1) is 5.56 Å². The largest absolute Gasteiger partial charge is 0.347 e. The van der Waals surface area contributed by atoms with Crippen molar-refractivity contribution in [2.24, 2.45) is 0 Å². The molecule has 1 aliphatic rings. The van der Waals surface area contributed by atoms with Gasteiger partial charge in [0.15, 0.2) is 0 Å². The van der Waals surface area contributed by atoms with Gasteiger partial charge in [-0.15, -0.1) is 0 Å². The molecule has 0 aromatic carbocycles. The Morgan fingerprint density at radius 1 is 1.39 bits per heavy atom. The molecule has 1 aliphatic heterocycles. The number of piperidine rings is 1. The fraction of sp³-hybridized carbons (Fsp3) is 0.583. The number of nitrogens with zero attached hydrogens (tertiary/aromatic N) is 3. The first-order valence-electron chi connectivity index (χ1n) is 5.99. The van der Waals surface area contributed by atoms with E-state index in [-0.39, 0.29) is 11.4 Å². The van der Waals surface area contributed by atoms with Crippen LogP contribution in [0.1, 0.15) is 30.1 Å². The van der Waals surface area contributed by atoms with Gasteiger partial charge in [0, 0.05) is 31.0 Å². The normalized spacial score (nSPS) is 19.4. The Kier molecular flexibility index (Phi) is 4.19. The molecule has 5 nitrogen and oxygen atoms in total. The van der Waals surface area contributed by atoms with Crippen molar-refractivity contribution in [1.29, 1.82) is 0 Å². The summed E-state index contributed by atoms with van der Waals surface area (Å²) in [6.45, 7) is 4.11. The van der Waals surface area contributed by atoms with E-state index in [9.17, 15) is 4.79 Å². The summed E-state index contributed by atoms with van der Waals surface area (Å²) in [6, 6.07) is 0. The first kappa shape index (κ1) is 13.3. The van der Waals surface area contributed by atoms with Gasteiger partial charge in [-0.05, 0) is 26.0 Å². The molecule has 0 atom stereocenters. The predicted octanol–water partition coefficient (Wildman–Crippen LogP) is 1.34. The molecule has 1 fully saturated rings. The van der Waals surface area contributed by atoms with E-state index in [0.29, 0.717) is 5.56 Å². The minimum absolute atomic E-state index is 0.0873. The van der Waals surface area contributed by atoms with Crippen LogP contribution in [0, 0.1) is 0 Å². The van der Waals surface area contributed by atoms with Crippen LogP contribution in [0.2, 0.25) is 0 Å². The summed E-state index contributed by atoms with van der Waals surface area (Å²) in [5.74, 6) is -0.0873. The minimum atomic E-state index is -0.126. The van der Waals surface area contributed by atoms with Crippen LogP contribution in [0.4, 0.5) is 0 Å². The van der Waals surface area contributed by atoms with Crippen LogP contribution in [0.15, 0.2) is 18.7 Å². The van der Waals surface area contributed by atoms with Crippen molar-refractivity contribution < 1.29 is 4.79 Å². The molecule has 0 unspecified atom stereocenters. The molecule has 2 rings (SSSR count). The van der Waals surface area contributed by atoms with Crippen molar-refractivity contribution in [3.8, 4) is 0 Å². The Bertz CT molecular complexity index is 404. The van der Waals surface area contributed by atoms with E-state index in [1.807, 2.05) is 0 Å². The predicted molar refractivity (Wildman–Crippen MR) is 72.2 cm³/mol. The molecule has 0 spiro atoms. The highest BCUT2D eigenvalue weighted by molar-refractivity contribution is 7.96. The van der Waals surface area contributed by atoms with Crippen LogP contribution in [0.5, 0.6) is 0 Å². The molecule has 1 aromatic heterocycles. The Hall–Kier alpha value is -1.14. The van der Waals surface area contributed by atoms with Crippen LogP contribution >= 0.6 is 11.9 Å². The lowest BCUT2D eigenvalue weighted by Crippen LogP contribution is -2.52. The second-order valence-electron chi connectivity index (χ2n) is 4.75. The fourth-order valence-corrected chi connectivity index (χ4v) is 2.60. The second-order valence-corrected chi connectivity index (χ2v) is 5.64. The summed E-state index contributed by atoms with van der Waals surface area (Å²) in [6.07, 6.45) is 8.53. The van der Waals surface area contributed by atoms with Crippen LogP contribution in [0.3, 0.4) is 0 Å². The quantitative estimate of drug-likeness (QED) is 0.837. The van der Waals surface area contributed by atoms with Crippen LogP contribution in [0.25, 0.3) is 0 Å². The molecule has 1 saturated heterocycles. The topological polar surface area (TPSA) is 58.1 Å². The maximum atomic E-state index is 12.1. The van der Waals surface area contributed by atoms with Gasteiger partial charge in [0.2, 0.25) is 0 Å². The molecule has 18 heavy (non-hydrogen) atoms. The highest BCUT2D eigenvalue weighted by Crippen LogP contribution is 2.25. The first-order valence-corrected chi connectivity index (χ1v) is 7.18. The lowest BCUT2D eigenvalue weighted by atomic mass is 9.90. The lowest BCUT2D eigenvalue weighted by molar-refractivity contribution is 0.0873. The zero-order valence-electron chi connectivity index (χ0n) is 10.7. The van der Waals surface area contributed by atoms with Gasteiger partial charge in [-0.3, -0.25) is 9.10 Å². The summed E-state index contributed by atoms with van der Waals surface area (Å²) < 4.78 is 2.32. The Morgan fingerprint density at radius 2 is 2.00 bits per heavy atom. The van der Waals surface area contributed by atoms with Gasteiger partial charge in [-0.25, -0.2) is 9.97 Å². The third-order valence-corrected chi connectivity index (χ3v) is 4.20. The third-order valence-electron chi connectivity index (χ3n) is 3.32. The van der Waals surface area contributed by atoms with Crippen LogP contribution in [-0.2, 0) is 0 Å². The standard InChI is InChI=1S/C12H18N4OS/c1-12(3-5-16(18-2)6-4-12)15-11(17)10-7-13-9-14-8-10/h7-9H,3-6H2,1-2H3,(H,15,17). The molecule has 0 radical (unpaired) electrons. The number of aromatic nitrogens is 2. The molecular formula is C12H18N4OS. The molecule has 0 bridgehead atoms. The summed E-state index contributed by atoms with van der Waals surface area (Å²) in [7, 11) is 0. The maximum Gasteiger partial charge on any atom is 0.254 e. The van der Waals surface area contributed by atoms with E-state index in [0.717, 1.165) is 25.9 Å². The lowest BCUT2D eigenvalue weighted by Gasteiger charge is -2.38. The van der Waals surface area contributed by atoms with Gasteiger partial charge in [-0.2, -0.15) is 0 Å². The number of hydrogen-bond donors (Lipinski definition) is 1. The Labute approximate surface area is 112 Å². The van der Waals surface area contributed by atoms with E-state index in [1.54, 1.807) is 24.3 Å². The van der Waals surface area contributed by atoms with Gasteiger partial charge >= 0.3 is 0 Å². The Morgan fingerprint density at radius 3 is 2.56 bits per heavy atom. The molecular weight excluding hydrogens is 248 g/mol. The zero-order chi connectivity index (χ0) is 13.0. The molecule has 0 aliphatic carbocycles. The van der Waals surface area contributed by atoms with Crippen molar-refractivity contribution in [2.45, 2.75) is 25.3 Å². The van der Waals surface area contributed by atoms with Crippen molar-refractivity contribution in [2.75, 3.05) is 19.3 Å². The van der Waals surface area contributed by atoms with E-state index < -0.39 is 0 Å². The van der Waals surface area contributed by atoms with Gasteiger partial charge in [0.25, 0.3) is 5.91 Å². The van der Waals surface area contributed by atoms with E-state index in [4.69, 9.17) is 0 Å². The number of carbonyl (C=O) groups is 1. The van der Waals surface area contributed by atoms with Gasteiger partial charge < -0.3 is 5.32 Å². The van der Waals surface area contributed by atoms with Crippen molar-refractivity contribution in [3.05, 3.63) is 24.3 Å². The Balaban J connectivity index is 1.95. The average Bonchev–Trinajstić information content (AvgIpc) is 2.40. The third kappa shape index (κ3) is 3.20. The number of rotatable bonds is 3. The minimum Gasteiger partial charge on any atom is -0.347 e. The first-order chi connectivity index (χ1) is 8.63. The van der Waals surface area contributed by atoms with Crippen molar-refractivity contribution in [3.63, 3.8) is 0 Å². The number of carbonyl (C=O) groups excluding carboxylic acids is 1. The monoisotopic (exact) mass is 266 g/mol. The molecule has 0 saturated carbocycles. The molecule has 6 heteroatoms. The zero-order valence-corrected chi connectivity index (χ0v) is 11.5. The number of hydrogen-bond acceptors (Lipinski definition) is 5. The molecule has 2 heterocycles. The molecule has 98 valence electrons. The highest BCUT2D eigenvalue weighted by Gasteiger charge is 2.31. The summed E-state index contributed by atoms with van der Waals surface area (Å²) in [5.41, 5.74) is 0.394.